The molecular weight excluding hydrogens is 384 g/mol. The molecule has 2 saturated heterocycles. The van der Waals surface area contributed by atoms with Crippen LogP contribution in [0.2, 0.25) is 5.02 Å². The Morgan fingerprint density at radius 2 is 2.12 bits per heavy atom. The number of amides is 1. The first-order chi connectivity index (χ1) is 12.0. The Morgan fingerprint density at radius 1 is 1.36 bits per heavy atom. The van der Waals surface area contributed by atoms with Crippen molar-refractivity contribution < 1.29 is 17.9 Å². The van der Waals surface area contributed by atoms with E-state index in [1.165, 1.54) is 22.5 Å². The fourth-order valence-electron chi connectivity index (χ4n) is 2.88. The quantitative estimate of drug-likeness (QED) is 0.812. The van der Waals surface area contributed by atoms with Crippen LogP contribution in [0.15, 0.2) is 23.1 Å². The number of nitrogens with zero attached hydrogens (tertiary/aromatic N) is 1. The van der Waals surface area contributed by atoms with Crippen molar-refractivity contribution in [2.45, 2.75) is 23.8 Å². The zero-order valence-corrected chi connectivity index (χ0v) is 16.1. The van der Waals surface area contributed by atoms with Crippen LogP contribution in [0.5, 0.6) is 0 Å². The number of benzene rings is 1. The van der Waals surface area contributed by atoms with Crippen molar-refractivity contribution in [1.82, 2.24) is 9.62 Å². The standard InChI is InChI=1S/C16H21ClN2O4S2/c17-15-4-3-13(25(21,22)19-5-8-24-9-6-19)10-14(15)16(20)18-11-12-2-1-7-23-12/h3-4,10,12H,1-2,5-9,11H2,(H,18,20). The molecule has 1 aromatic carbocycles. The van der Waals surface area contributed by atoms with Gasteiger partial charge in [0.1, 0.15) is 0 Å². The molecule has 1 atom stereocenters. The lowest BCUT2D eigenvalue weighted by Gasteiger charge is -2.25. The molecule has 1 N–H and O–H groups in total. The molecule has 9 heteroatoms. The highest BCUT2D eigenvalue weighted by Crippen LogP contribution is 2.25. The largest absolute Gasteiger partial charge is 0.376 e. The summed E-state index contributed by atoms with van der Waals surface area (Å²) in [5, 5.41) is 3.01. The summed E-state index contributed by atoms with van der Waals surface area (Å²) in [6.07, 6.45) is 1.92. The van der Waals surface area contributed by atoms with Crippen molar-refractivity contribution in [3.63, 3.8) is 0 Å². The molecule has 0 saturated carbocycles. The van der Waals surface area contributed by atoms with Gasteiger partial charge in [0.2, 0.25) is 10.0 Å². The summed E-state index contributed by atoms with van der Waals surface area (Å²) in [5.41, 5.74) is 0.173. The fourth-order valence-corrected chi connectivity index (χ4v) is 5.69. The second kappa shape index (κ2) is 8.26. The molecule has 2 aliphatic rings. The van der Waals surface area contributed by atoms with Crippen molar-refractivity contribution in [2.24, 2.45) is 0 Å². The van der Waals surface area contributed by atoms with E-state index in [0.29, 0.717) is 26.2 Å². The zero-order valence-electron chi connectivity index (χ0n) is 13.7. The third-order valence-electron chi connectivity index (χ3n) is 4.30. The second-order valence-electron chi connectivity index (χ2n) is 6.00. The lowest BCUT2D eigenvalue weighted by atomic mass is 10.2. The SMILES string of the molecule is O=C(NCC1CCCO1)c1cc(S(=O)(=O)N2CCSCC2)ccc1Cl. The average molecular weight is 405 g/mol. The van der Waals surface area contributed by atoms with Gasteiger partial charge in [0.15, 0.2) is 0 Å². The predicted molar refractivity (Wildman–Crippen MR) is 98.8 cm³/mol. The van der Waals surface area contributed by atoms with E-state index in [2.05, 4.69) is 5.32 Å². The van der Waals surface area contributed by atoms with E-state index in [-0.39, 0.29) is 27.5 Å². The Hall–Kier alpha value is -0.800. The number of ether oxygens (including phenoxy) is 1. The van der Waals surface area contributed by atoms with Crippen LogP contribution >= 0.6 is 23.4 Å². The summed E-state index contributed by atoms with van der Waals surface area (Å²) in [4.78, 5) is 12.5. The molecule has 138 valence electrons. The number of nitrogens with one attached hydrogen (secondary N) is 1. The number of hydrogen-bond acceptors (Lipinski definition) is 5. The summed E-state index contributed by atoms with van der Waals surface area (Å²) in [5.74, 6) is 1.18. The summed E-state index contributed by atoms with van der Waals surface area (Å²) in [6.45, 7) is 2.07. The first kappa shape index (κ1) is 19.0. The summed E-state index contributed by atoms with van der Waals surface area (Å²) < 4.78 is 32.5. The van der Waals surface area contributed by atoms with E-state index in [1.807, 2.05) is 0 Å². The maximum Gasteiger partial charge on any atom is 0.252 e. The minimum Gasteiger partial charge on any atom is -0.376 e. The van der Waals surface area contributed by atoms with Gasteiger partial charge in [-0.3, -0.25) is 4.79 Å². The van der Waals surface area contributed by atoms with Crippen molar-refractivity contribution in [1.29, 1.82) is 0 Å². The minimum atomic E-state index is -3.61. The van der Waals surface area contributed by atoms with E-state index in [0.717, 1.165) is 24.3 Å². The van der Waals surface area contributed by atoms with E-state index in [4.69, 9.17) is 16.3 Å². The second-order valence-corrected chi connectivity index (χ2v) is 9.57. The first-order valence-corrected chi connectivity index (χ1v) is 11.2. The Labute approximate surface area is 157 Å². The lowest BCUT2D eigenvalue weighted by Crippen LogP contribution is -2.38. The number of carbonyl (C=O) groups excluding carboxylic acids is 1. The Kier molecular flexibility index (Phi) is 6.27. The highest BCUT2D eigenvalue weighted by atomic mass is 35.5. The smallest absolute Gasteiger partial charge is 0.252 e. The van der Waals surface area contributed by atoms with E-state index in [9.17, 15) is 13.2 Å². The third kappa shape index (κ3) is 4.49. The topological polar surface area (TPSA) is 75.7 Å². The normalized spacial score (nSPS) is 22.0. The highest BCUT2D eigenvalue weighted by Gasteiger charge is 2.27. The van der Waals surface area contributed by atoms with E-state index >= 15 is 0 Å². The maximum atomic E-state index is 12.8. The van der Waals surface area contributed by atoms with Crippen LogP contribution in [0, 0.1) is 0 Å². The van der Waals surface area contributed by atoms with Gasteiger partial charge < -0.3 is 10.1 Å². The van der Waals surface area contributed by atoms with Crippen LogP contribution in [-0.4, -0.2) is 62.5 Å². The molecule has 0 spiro atoms. The van der Waals surface area contributed by atoms with Crippen molar-refractivity contribution in [2.75, 3.05) is 37.7 Å². The van der Waals surface area contributed by atoms with Crippen LogP contribution in [0.1, 0.15) is 23.2 Å². The molecule has 1 unspecified atom stereocenters. The maximum absolute atomic E-state index is 12.8. The summed E-state index contributed by atoms with van der Waals surface area (Å²) in [7, 11) is -3.61. The molecule has 2 aliphatic heterocycles. The monoisotopic (exact) mass is 404 g/mol. The van der Waals surface area contributed by atoms with Crippen LogP contribution in [0.4, 0.5) is 0 Å². The molecule has 2 heterocycles. The molecule has 0 radical (unpaired) electrons. The first-order valence-electron chi connectivity index (χ1n) is 8.26. The molecule has 2 fully saturated rings. The number of thioether (sulfide) groups is 1. The van der Waals surface area contributed by atoms with Gasteiger partial charge in [-0.1, -0.05) is 11.6 Å². The third-order valence-corrected chi connectivity index (χ3v) is 7.47. The van der Waals surface area contributed by atoms with Crippen molar-refractivity contribution >= 4 is 39.3 Å². The molecule has 0 bridgehead atoms. The number of halogens is 1. The zero-order chi connectivity index (χ0) is 17.9. The van der Waals surface area contributed by atoms with Crippen LogP contribution < -0.4 is 5.32 Å². The summed E-state index contributed by atoms with van der Waals surface area (Å²) >= 11 is 7.85. The number of sulfonamides is 1. The average Bonchev–Trinajstić information content (AvgIpc) is 3.14. The molecule has 6 nitrogen and oxygen atoms in total. The number of carbonyl (C=O) groups is 1. The Bertz CT molecular complexity index is 730. The van der Waals surface area contributed by atoms with Gasteiger partial charge in [-0.15, -0.1) is 0 Å². The molecule has 25 heavy (non-hydrogen) atoms. The molecule has 1 amide bonds. The highest BCUT2D eigenvalue weighted by molar-refractivity contribution is 7.99. The van der Waals surface area contributed by atoms with Crippen LogP contribution in [0.25, 0.3) is 0 Å². The summed E-state index contributed by atoms with van der Waals surface area (Å²) in [6, 6.07) is 4.29. The van der Waals surface area contributed by atoms with Gasteiger partial charge in [-0.2, -0.15) is 16.1 Å². The lowest BCUT2D eigenvalue weighted by molar-refractivity contribution is 0.0857. The Balaban J connectivity index is 1.76. The molecular formula is C16H21ClN2O4S2. The molecule has 0 aromatic heterocycles. The van der Waals surface area contributed by atoms with Crippen LogP contribution in [0.3, 0.4) is 0 Å². The van der Waals surface area contributed by atoms with Gasteiger partial charge in [0, 0.05) is 37.7 Å². The van der Waals surface area contributed by atoms with Crippen LogP contribution in [-0.2, 0) is 14.8 Å². The molecule has 3 rings (SSSR count). The molecule has 1 aromatic rings. The van der Waals surface area contributed by atoms with Gasteiger partial charge in [-0.25, -0.2) is 8.42 Å². The Morgan fingerprint density at radius 3 is 2.80 bits per heavy atom. The van der Waals surface area contributed by atoms with Crippen molar-refractivity contribution in [3.8, 4) is 0 Å². The van der Waals surface area contributed by atoms with Gasteiger partial charge in [0.25, 0.3) is 5.91 Å². The number of hydrogen-bond donors (Lipinski definition) is 1. The van der Waals surface area contributed by atoms with Gasteiger partial charge >= 0.3 is 0 Å². The minimum absolute atomic E-state index is 0.0143. The van der Waals surface area contributed by atoms with E-state index < -0.39 is 10.0 Å². The van der Waals surface area contributed by atoms with E-state index in [1.54, 1.807) is 11.8 Å². The predicted octanol–water partition coefficient (Wildman–Crippen LogP) is 1.99. The van der Waals surface area contributed by atoms with Gasteiger partial charge in [0.05, 0.1) is 21.6 Å². The fraction of sp³-hybridized carbons (Fsp3) is 0.562. The number of rotatable bonds is 5. The van der Waals surface area contributed by atoms with Gasteiger partial charge in [-0.05, 0) is 31.0 Å². The van der Waals surface area contributed by atoms with Crippen molar-refractivity contribution in [3.05, 3.63) is 28.8 Å². The molecule has 0 aliphatic carbocycles.